The van der Waals surface area contributed by atoms with Crippen LogP contribution < -0.4 is 0 Å². The van der Waals surface area contributed by atoms with Crippen LogP contribution in [0.4, 0.5) is 0 Å². The van der Waals surface area contributed by atoms with E-state index in [9.17, 15) is 0 Å². The summed E-state index contributed by atoms with van der Waals surface area (Å²) in [5, 5.41) is 8.67. The molecule has 90 valence electrons. The van der Waals surface area contributed by atoms with Crippen LogP contribution in [0, 0.1) is 11.3 Å². The predicted octanol–water partition coefficient (Wildman–Crippen LogP) is 4.51. The van der Waals surface area contributed by atoms with Crippen molar-refractivity contribution in [1.29, 1.82) is 5.26 Å². The van der Waals surface area contributed by atoms with Crippen LogP contribution in [0.2, 0.25) is 0 Å². The van der Waals surface area contributed by atoms with E-state index in [2.05, 4.69) is 54.6 Å². The molecule has 2 aromatic rings. The van der Waals surface area contributed by atoms with Crippen LogP contribution in [0.1, 0.15) is 36.3 Å². The molecule has 0 atom stereocenters. The fraction of sp³-hybridized carbons (Fsp3) is 0.235. The SMILES string of the molecule is N#CCCCC(c1ccccc1)c1ccccc1. The Morgan fingerprint density at radius 3 is 1.78 bits per heavy atom. The Bertz CT molecular complexity index is 457. The second kappa shape index (κ2) is 6.61. The largest absolute Gasteiger partial charge is 0.198 e. The zero-order chi connectivity index (χ0) is 12.6. The molecular formula is C17H17N. The monoisotopic (exact) mass is 235 g/mol. The van der Waals surface area contributed by atoms with Crippen molar-refractivity contribution in [3.8, 4) is 6.07 Å². The highest BCUT2D eigenvalue weighted by atomic mass is 14.2. The molecule has 0 aliphatic heterocycles. The fourth-order valence-electron chi connectivity index (χ4n) is 2.28. The van der Waals surface area contributed by atoms with Crippen molar-refractivity contribution in [2.45, 2.75) is 25.2 Å². The Labute approximate surface area is 109 Å². The van der Waals surface area contributed by atoms with Gasteiger partial charge in [-0.15, -0.1) is 0 Å². The lowest BCUT2D eigenvalue weighted by Crippen LogP contribution is -2.00. The maximum Gasteiger partial charge on any atom is 0.0621 e. The summed E-state index contributed by atoms with van der Waals surface area (Å²) in [6.45, 7) is 0. The molecule has 0 aliphatic carbocycles. The lowest BCUT2D eigenvalue weighted by Gasteiger charge is -2.17. The zero-order valence-electron chi connectivity index (χ0n) is 10.4. The Hall–Kier alpha value is -2.07. The number of hydrogen-bond donors (Lipinski definition) is 0. The van der Waals surface area contributed by atoms with E-state index in [1.54, 1.807) is 0 Å². The first-order chi connectivity index (χ1) is 8.92. The van der Waals surface area contributed by atoms with Gasteiger partial charge in [0.25, 0.3) is 0 Å². The first-order valence-electron chi connectivity index (χ1n) is 6.38. The molecule has 0 saturated carbocycles. The molecule has 18 heavy (non-hydrogen) atoms. The molecule has 0 amide bonds. The van der Waals surface area contributed by atoms with Crippen molar-refractivity contribution in [3.05, 3.63) is 71.8 Å². The van der Waals surface area contributed by atoms with E-state index in [-0.39, 0.29) is 0 Å². The molecule has 0 aromatic heterocycles. The second-order valence-corrected chi connectivity index (χ2v) is 4.42. The Morgan fingerprint density at radius 2 is 1.33 bits per heavy atom. The molecule has 0 heterocycles. The summed E-state index contributed by atoms with van der Waals surface area (Å²) >= 11 is 0. The minimum atomic E-state index is 0.403. The van der Waals surface area contributed by atoms with Crippen molar-refractivity contribution in [1.82, 2.24) is 0 Å². The topological polar surface area (TPSA) is 23.8 Å². The van der Waals surface area contributed by atoms with Crippen molar-refractivity contribution in [3.63, 3.8) is 0 Å². The molecule has 0 aliphatic rings. The quantitative estimate of drug-likeness (QED) is 0.699. The maximum absolute atomic E-state index is 8.67. The first-order valence-corrected chi connectivity index (χ1v) is 6.38. The molecule has 0 unspecified atom stereocenters. The van der Waals surface area contributed by atoms with Gasteiger partial charge in [0.15, 0.2) is 0 Å². The molecule has 0 bridgehead atoms. The highest BCUT2D eigenvalue weighted by molar-refractivity contribution is 5.32. The van der Waals surface area contributed by atoms with Gasteiger partial charge in [-0.25, -0.2) is 0 Å². The molecule has 1 heteroatoms. The van der Waals surface area contributed by atoms with E-state index in [4.69, 9.17) is 5.26 Å². The Kier molecular flexibility index (Phi) is 4.55. The van der Waals surface area contributed by atoms with Crippen LogP contribution in [0.5, 0.6) is 0 Å². The summed E-state index contributed by atoms with van der Waals surface area (Å²) in [7, 11) is 0. The van der Waals surface area contributed by atoms with Gasteiger partial charge in [0.05, 0.1) is 6.07 Å². The van der Waals surface area contributed by atoms with Crippen LogP contribution >= 0.6 is 0 Å². The minimum Gasteiger partial charge on any atom is -0.198 e. The molecule has 0 radical (unpaired) electrons. The van der Waals surface area contributed by atoms with Crippen LogP contribution in [0.25, 0.3) is 0 Å². The van der Waals surface area contributed by atoms with Gasteiger partial charge in [-0.05, 0) is 24.0 Å². The number of nitrogens with zero attached hydrogens (tertiary/aromatic N) is 1. The van der Waals surface area contributed by atoms with Crippen molar-refractivity contribution >= 4 is 0 Å². The third-order valence-corrected chi connectivity index (χ3v) is 3.19. The van der Waals surface area contributed by atoms with Crippen molar-refractivity contribution < 1.29 is 0 Å². The van der Waals surface area contributed by atoms with Gasteiger partial charge in [-0.2, -0.15) is 5.26 Å². The number of nitriles is 1. The standard InChI is InChI=1S/C17H17N/c18-14-8-7-13-17(15-9-3-1-4-10-15)16-11-5-2-6-12-16/h1-6,9-12,17H,7-8,13H2. The molecule has 0 saturated heterocycles. The van der Waals surface area contributed by atoms with Crippen LogP contribution in [-0.2, 0) is 0 Å². The van der Waals surface area contributed by atoms with Gasteiger partial charge >= 0.3 is 0 Å². The molecule has 1 nitrogen and oxygen atoms in total. The zero-order valence-corrected chi connectivity index (χ0v) is 10.4. The van der Waals surface area contributed by atoms with Crippen molar-refractivity contribution in [2.24, 2.45) is 0 Å². The van der Waals surface area contributed by atoms with Gasteiger partial charge in [0.2, 0.25) is 0 Å². The molecule has 0 spiro atoms. The third kappa shape index (κ3) is 3.21. The van der Waals surface area contributed by atoms with E-state index in [0.29, 0.717) is 12.3 Å². The minimum absolute atomic E-state index is 0.403. The van der Waals surface area contributed by atoms with Gasteiger partial charge < -0.3 is 0 Å². The number of unbranched alkanes of at least 4 members (excludes halogenated alkanes) is 1. The van der Waals surface area contributed by atoms with E-state index in [1.807, 2.05) is 12.1 Å². The lowest BCUT2D eigenvalue weighted by atomic mass is 9.87. The maximum atomic E-state index is 8.67. The number of hydrogen-bond acceptors (Lipinski definition) is 1. The van der Waals surface area contributed by atoms with E-state index < -0.39 is 0 Å². The second-order valence-electron chi connectivity index (χ2n) is 4.42. The average molecular weight is 235 g/mol. The molecule has 2 aromatic carbocycles. The van der Waals surface area contributed by atoms with E-state index >= 15 is 0 Å². The van der Waals surface area contributed by atoms with Crippen molar-refractivity contribution in [2.75, 3.05) is 0 Å². The average Bonchev–Trinajstić information content (AvgIpc) is 2.46. The highest BCUT2D eigenvalue weighted by Gasteiger charge is 2.12. The summed E-state index contributed by atoms with van der Waals surface area (Å²) in [6.07, 6.45) is 2.61. The third-order valence-electron chi connectivity index (χ3n) is 3.19. The molecular weight excluding hydrogens is 218 g/mol. The van der Waals surface area contributed by atoms with E-state index in [1.165, 1.54) is 11.1 Å². The van der Waals surface area contributed by atoms with Gasteiger partial charge in [-0.1, -0.05) is 60.7 Å². The fourth-order valence-corrected chi connectivity index (χ4v) is 2.28. The number of benzene rings is 2. The molecule has 2 rings (SSSR count). The summed E-state index contributed by atoms with van der Waals surface area (Å²) in [6, 6.07) is 23.3. The normalized spacial score (nSPS) is 10.2. The Morgan fingerprint density at radius 1 is 0.833 bits per heavy atom. The smallest absolute Gasteiger partial charge is 0.0621 e. The van der Waals surface area contributed by atoms with E-state index in [0.717, 1.165) is 12.8 Å². The van der Waals surface area contributed by atoms with Crippen LogP contribution in [0.15, 0.2) is 60.7 Å². The lowest BCUT2D eigenvalue weighted by molar-refractivity contribution is 0.672. The van der Waals surface area contributed by atoms with Gasteiger partial charge in [-0.3, -0.25) is 0 Å². The summed E-state index contributed by atoms with van der Waals surface area (Å²) < 4.78 is 0. The van der Waals surface area contributed by atoms with Gasteiger partial charge in [0, 0.05) is 12.3 Å². The summed E-state index contributed by atoms with van der Waals surface area (Å²) in [5.41, 5.74) is 2.67. The van der Waals surface area contributed by atoms with Crippen LogP contribution in [-0.4, -0.2) is 0 Å². The number of rotatable bonds is 5. The first kappa shape index (κ1) is 12.4. The summed E-state index contributed by atoms with van der Waals surface area (Å²) in [4.78, 5) is 0. The van der Waals surface area contributed by atoms with Gasteiger partial charge in [0.1, 0.15) is 0 Å². The highest BCUT2D eigenvalue weighted by Crippen LogP contribution is 2.29. The van der Waals surface area contributed by atoms with Crippen LogP contribution in [0.3, 0.4) is 0 Å². The molecule has 0 N–H and O–H groups in total. The Balaban J connectivity index is 2.21. The predicted molar refractivity (Wildman–Crippen MR) is 74.2 cm³/mol. The summed E-state index contributed by atoms with van der Waals surface area (Å²) in [5.74, 6) is 0.403. The molecule has 0 fully saturated rings.